The number of ether oxygens (including phenoxy) is 2. The van der Waals surface area contributed by atoms with Gasteiger partial charge in [0.2, 0.25) is 11.8 Å². The van der Waals surface area contributed by atoms with E-state index in [9.17, 15) is 0 Å². The van der Waals surface area contributed by atoms with Gasteiger partial charge in [-0.05, 0) is 85.9 Å². The molecule has 2 aliphatic rings. The number of aryl methyl sites for hydroxylation is 1. The van der Waals surface area contributed by atoms with Gasteiger partial charge in [0.25, 0.3) is 0 Å². The number of hydrogen-bond donors (Lipinski definition) is 2. The highest BCUT2D eigenvalue weighted by atomic mass is 79.9. The molecule has 3 aromatic heterocycles. The van der Waals surface area contributed by atoms with Crippen molar-refractivity contribution in [1.82, 2.24) is 30.5 Å². The molecule has 7 rings (SSSR count). The Bertz CT molecular complexity index is 2030. The number of imidazole rings is 1. The van der Waals surface area contributed by atoms with Gasteiger partial charge in [0, 0.05) is 6.20 Å². The minimum absolute atomic E-state index is 0.128. The number of hydrogen-bond acceptors (Lipinski definition) is 11. The molecule has 2 aliphatic heterocycles. The summed E-state index contributed by atoms with van der Waals surface area (Å²) in [6, 6.07) is 27.5. The van der Waals surface area contributed by atoms with Crippen molar-refractivity contribution in [2.24, 2.45) is 9.98 Å². The van der Waals surface area contributed by atoms with Crippen LogP contribution in [0, 0.1) is 6.92 Å². The SMILES string of the molecule is COc1nc(C2=NC(c3ccccc3)C(C)(C)ON2)ccc1-n1cnc(C)c1.COc1nc(C2=NC(c3ccccc3)C(C)(C)ON2)ccc1Br. The Balaban J connectivity index is 0.000000179. The van der Waals surface area contributed by atoms with E-state index >= 15 is 0 Å². The Morgan fingerprint density at radius 3 is 1.65 bits per heavy atom. The number of benzene rings is 2. The number of aliphatic imine (C=N–C) groups is 2. The molecule has 2 aromatic carbocycles. The van der Waals surface area contributed by atoms with E-state index < -0.39 is 11.2 Å². The normalized spacial score (nSPS) is 18.9. The first-order valence-electron chi connectivity index (χ1n) is 16.4. The van der Waals surface area contributed by atoms with Gasteiger partial charge in [-0.3, -0.25) is 19.7 Å². The first-order chi connectivity index (χ1) is 24.5. The van der Waals surface area contributed by atoms with Crippen LogP contribution in [0.5, 0.6) is 11.8 Å². The first-order valence-corrected chi connectivity index (χ1v) is 17.2. The van der Waals surface area contributed by atoms with Crippen LogP contribution < -0.4 is 20.4 Å². The lowest BCUT2D eigenvalue weighted by molar-refractivity contribution is -0.0824. The fraction of sp³-hybridized carbons (Fsp3) is 0.289. The molecule has 0 bridgehead atoms. The molecule has 2 unspecified atom stereocenters. The zero-order valence-electron chi connectivity index (χ0n) is 29.6. The molecule has 0 saturated carbocycles. The second-order valence-corrected chi connectivity index (χ2v) is 13.9. The van der Waals surface area contributed by atoms with Crippen LogP contribution in [0.4, 0.5) is 0 Å². The van der Waals surface area contributed by atoms with Gasteiger partial charge in [-0.2, -0.15) is 0 Å². The second kappa shape index (κ2) is 15.0. The summed E-state index contributed by atoms with van der Waals surface area (Å²) in [6.45, 7) is 9.97. The highest BCUT2D eigenvalue weighted by Gasteiger charge is 2.38. The van der Waals surface area contributed by atoms with Gasteiger partial charge in [-0.1, -0.05) is 60.7 Å². The van der Waals surface area contributed by atoms with Crippen LogP contribution in [-0.4, -0.2) is 56.6 Å². The topological polar surface area (TPSA) is 129 Å². The summed E-state index contributed by atoms with van der Waals surface area (Å²) in [5.74, 6) is 2.15. The summed E-state index contributed by atoms with van der Waals surface area (Å²) in [7, 11) is 3.18. The van der Waals surface area contributed by atoms with Crippen LogP contribution in [0.1, 0.15) is 68.0 Å². The maximum absolute atomic E-state index is 5.91. The quantitative estimate of drug-likeness (QED) is 0.180. The monoisotopic (exact) mass is 752 g/mol. The van der Waals surface area contributed by atoms with E-state index in [-0.39, 0.29) is 12.1 Å². The summed E-state index contributed by atoms with van der Waals surface area (Å²) in [4.78, 5) is 34.8. The Hall–Kier alpha value is -5.11. The minimum Gasteiger partial charge on any atom is -0.480 e. The number of aromatic nitrogens is 4. The molecule has 51 heavy (non-hydrogen) atoms. The van der Waals surface area contributed by atoms with E-state index in [0.717, 1.165) is 27.0 Å². The fourth-order valence-corrected chi connectivity index (χ4v) is 6.10. The summed E-state index contributed by atoms with van der Waals surface area (Å²) in [5.41, 5.74) is 10.1. The highest BCUT2D eigenvalue weighted by Crippen LogP contribution is 2.36. The predicted molar refractivity (Wildman–Crippen MR) is 199 cm³/mol. The van der Waals surface area contributed by atoms with Crippen molar-refractivity contribution in [3.05, 3.63) is 130 Å². The molecule has 2 N–H and O–H groups in total. The summed E-state index contributed by atoms with van der Waals surface area (Å²) >= 11 is 3.40. The third kappa shape index (κ3) is 7.95. The van der Waals surface area contributed by atoms with E-state index in [0.29, 0.717) is 34.8 Å². The average molecular weight is 754 g/mol. The van der Waals surface area contributed by atoms with E-state index in [1.807, 2.05) is 106 Å². The van der Waals surface area contributed by atoms with Crippen molar-refractivity contribution in [3.63, 3.8) is 0 Å². The second-order valence-electron chi connectivity index (χ2n) is 13.0. The predicted octanol–water partition coefficient (Wildman–Crippen LogP) is 7.04. The standard InChI is InChI=1S/C21H23N5O2.C17H18BrN3O2/c1-14-12-26(13-22-14)17-11-10-16(23-20(17)27-4)19-24-18(21(2,3)28-25-19)15-8-6-5-7-9-15;1-17(2)14(11-7-5-4-6-8-11)20-15(21-23-17)13-10-9-12(18)16(19-13)22-3/h5-13,18H,1-4H3,(H,24,25);4-10,14H,1-3H3,(H,20,21). The molecule has 5 heterocycles. The number of pyridine rings is 2. The molecular weight excluding hydrogens is 712 g/mol. The van der Waals surface area contributed by atoms with Crippen molar-refractivity contribution in [2.45, 2.75) is 57.9 Å². The molecule has 0 spiro atoms. The van der Waals surface area contributed by atoms with Crippen molar-refractivity contribution >= 4 is 27.6 Å². The first kappa shape index (κ1) is 35.7. The van der Waals surface area contributed by atoms with Crippen molar-refractivity contribution in [1.29, 1.82) is 0 Å². The zero-order valence-corrected chi connectivity index (χ0v) is 31.2. The van der Waals surface area contributed by atoms with Crippen LogP contribution in [-0.2, 0) is 9.68 Å². The lowest BCUT2D eigenvalue weighted by Crippen LogP contribution is -2.45. The van der Waals surface area contributed by atoms with Crippen LogP contribution >= 0.6 is 15.9 Å². The van der Waals surface area contributed by atoms with E-state index in [1.165, 1.54) is 0 Å². The number of rotatable bonds is 7. The van der Waals surface area contributed by atoms with Gasteiger partial charge in [-0.25, -0.2) is 25.9 Å². The third-order valence-electron chi connectivity index (χ3n) is 8.40. The average Bonchev–Trinajstić information content (AvgIpc) is 3.58. The smallest absolute Gasteiger partial charge is 0.238 e. The number of nitrogens with one attached hydrogen (secondary N) is 2. The molecule has 12 nitrogen and oxygen atoms in total. The highest BCUT2D eigenvalue weighted by molar-refractivity contribution is 9.10. The van der Waals surface area contributed by atoms with Gasteiger partial charge >= 0.3 is 0 Å². The van der Waals surface area contributed by atoms with E-state index in [2.05, 4.69) is 66.1 Å². The summed E-state index contributed by atoms with van der Waals surface area (Å²) < 4.78 is 13.4. The van der Waals surface area contributed by atoms with Gasteiger partial charge in [0.1, 0.15) is 40.4 Å². The van der Waals surface area contributed by atoms with Crippen LogP contribution in [0.2, 0.25) is 0 Å². The maximum Gasteiger partial charge on any atom is 0.238 e. The van der Waals surface area contributed by atoms with Crippen LogP contribution in [0.3, 0.4) is 0 Å². The summed E-state index contributed by atoms with van der Waals surface area (Å²) in [6.07, 6.45) is 3.66. The van der Waals surface area contributed by atoms with Crippen molar-refractivity contribution < 1.29 is 19.1 Å². The number of hydroxylamine groups is 2. The number of nitrogens with zero attached hydrogens (tertiary/aromatic N) is 6. The molecule has 264 valence electrons. The van der Waals surface area contributed by atoms with Crippen molar-refractivity contribution in [2.75, 3.05) is 14.2 Å². The number of amidine groups is 2. The molecule has 13 heteroatoms. The van der Waals surface area contributed by atoms with Crippen LogP contribution in [0.15, 0.2) is 112 Å². The molecule has 0 aliphatic carbocycles. The van der Waals surface area contributed by atoms with Crippen molar-refractivity contribution in [3.8, 4) is 17.4 Å². The Morgan fingerprint density at radius 2 is 1.18 bits per heavy atom. The Morgan fingerprint density at radius 1 is 0.686 bits per heavy atom. The summed E-state index contributed by atoms with van der Waals surface area (Å²) in [5, 5.41) is 0. The molecule has 5 aromatic rings. The maximum atomic E-state index is 5.91. The molecule has 0 fully saturated rings. The van der Waals surface area contributed by atoms with Crippen LogP contribution in [0.25, 0.3) is 5.69 Å². The molecule has 0 radical (unpaired) electrons. The van der Waals surface area contributed by atoms with Gasteiger partial charge in [0.15, 0.2) is 11.7 Å². The lowest BCUT2D eigenvalue weighted by atomic mass is 9.92. The molecular formula is C38H41BrN8O4. The molecule has 0 saturated heterocycles. The Kier molecular flexibility index (Phi) is 10.5. The molecule has 0 amide bonds. The largest absolute Gasteiger partial charge is 0.480 e. The van der Waals surface area contributed by atoms with E-state index in [4.69, 9.17) is 29.1 Å². The Labute approximate surface area is 306 Å². The van der Waals surface area contributed by atoms with Gasteiger partial charge in [0.05, 0.1) is 30.7 Å². The fourth-order valence-electron chi connectivity index (χ4n) is 5.72. The third-order valence-corrected chi connectivity index (χ3v) is 9.00. The lowest BCUT2D eigenvalue weighted by Gasteiger charge is -2.36. The van der Waals surface area contributed by atoms with Gasteiger partial charge < -0.3 is 14.0 Å². The van der Waals surface area contributed by atoms with Gasteiger partial charge in [-0.15, -0.1) is 0 Å². The minimum atomic E-state index is -0.497. The molecule has 2 atom stereocenters. The number of halogens is 1. The van der Waals surface area contributed by atoms with E-state index in [1.54, 1.807) is 20.5 Å². The zero-order chi connectivity index (χ0) is 36.2. The number of methoxy groups -OCH3 is 2.